The largest absolute Gasteiger partial charge is 0.507 e. The molecule has 3 heterocycles. The first-order valence-electron chi connectivity index (χ1n) is 10.3. The van der Waals surface area contributed by atoms with E-state index in [1.807, 2.05) is 24.1 Å². The zero-order valence-electron chi connectivity index (χ0n) is 17.3. The van der Waals surface area contributed by atoms with E-state index in [0.717, 1.165) is 24.1 Å². The van der Waals surface area contributed by atoms with Crippen LogP contribution in [0.25, 0.3) is 22.4 Å². The van der Waals surface area contributed by atoms with Crippen molar-refractivity contribution in [3.8, 4) is 34.0 Å². The second-order valence-corrected chi connectivity index (χ2v) is 8.38. The van der Waals surface area contributed by atoms with Crippen LogP contribution in [0.15, 0.2) is 53.5 Å². The van der Waals surface area contributed by atoms with E-state index in [4.69, 9.17) is 4.74 Å². The molecule has 5 rings (SSSR count). The second-order valence-electron chi connectivity index (χ2n) is 8.38. The van der Waals surface area contributed by atoms with Crippen molar-refractivity contribution in [3.05, 3.63) is 59.0 Å². The van der Waals surface area contributed by atoms with Crippen molar-refractivity contribution >= 4 is 0 Å². The van der Waals surface area contributed by atoms with Crippen LogP contribution < -0.4 is 10.3 Å². The highest BCUT2D eigenvalue weighted by Gasteiger charge is 2.52. The summed E-state index contributed by atoms with van der Waals surface area (Å²) in [6, 6.07) is 11.7. The molecule has 8 heteroatoms. The molecule has 1 saturated carbocycles. The number of piperidine rings is 1. The van der Waals surface area contributed by atoms with Gasteiger partial charge in [-0.1, -0.05) is 6.07 Å². The van der Waals surface area contributed by atoms with Gasteiger partial charge >= 0.3 is 0 Å². The van der Waals surface area contributed by atoms with Gasteiger partial charge in [-0.15, -0.1) is 10.2 Å². The quantitative estimate of drug-likeness (QED) is 0.696. The van der Waals surface area contributed by atoms with Gasteiger partial charge in [0.05, 0.1) is 5.69 Å². The normalized spacial score (nSPS) is 25.1. The Balaban J connectivity index is 1.34. The van der Waals surface area contributed by atoms with Crippen LogP contribution in [0.5, 0.6) is 11.6 Å². The van der Waals surface area contributed by atoms with E-state index in [2.05, 4.69) is 10.2 Å². The van der Waals surface area contributed by atoms with Crippen molar-refractivity contribution in [1.82, 2.24) is 19.7 Å². The van der Waals surface area contributed by atoms with Gasteiger partial charge < -0.3 is 14.4 Å². The zero-order chi connectivity index (χ0) is 21.7. The molecule has 1 aliphatic heterocycles. The molecule has 160 valence electrons. The maximum Gasteiger partial charge on any atom is 0.250 e. The van der Waals surface area contributed by atoms with E-state index >= 15 is 0 Å². The Morgan fingerprint density at radius 2 is 1.90 bits per heavy atom. The molecule has 1 aromatic carbocycles. The summed E-state index contributed by atoms with van der Waals surface area (Å²) >= 11 is 0. The number of hydrogen-bond donors (Lipinski definition) is 1. The third-order valence-electron chi connectivity index (χ3n) is 6.39. The summed E-state index contributed by atoms with van der Waals surface area (Å²) in [4.78, 5) is 13.9. The second kappa shape index (κ2) is 7.46. The SMILES string of the molecule is CN1CC2CC1[C@@H](F)[C@@H]2Oc1ccc(-c2ccc(-c3ccn(C)c(=O)c3)cc2O)nn1. The van der Waals surface area contributed by atoms with Crippen LogP contribution in [0.2, 0.25) is 0 Å². The Kier molecular flexibility index (Phi) is 4.74. The molecule has 1 N–H and O–H groups in total. The van der Waals surface area contributed by atoms with Crippen LogP contribution in [0.3, 0.4) is 0 Å². The number of phenols is 1. The highest BCUT2D eigenvalue weighted by atomic mass is 19.1. The average molecular weight is 422 g/mol. The fourth-order valence-corrected chi connectivity index (χ4v) is 4.64. The lowest BCUT2D eigenvalue weighted by molar-refractivity contribution is 0.0220. The lowest BCUT2D eigenvalue weighted by Gasteiger charge is -2.31. The minimum absolute atomic E-state index is 0.0288. The monoisotopic (exact) mass is 422 g/mol. The molecule has 2 bridgehead atoms. The van der Waals surface area contributed by atoms with Crippen LogP contribution in [-0.2, 0) is 7.05 Å². The molecular formula is C23H23FN4O3. The van der Waals surface area contributed by atoms with Gasteiger partial charge in [-0.2, -0.15) is 0 Å². The summed E-state index contributed by atoms with van der Waals surface area (Å²) in [6.07, 6.45) is 0.967. The Hall–Kier alpha value is -3.26. The number of fused-ring (bicyclic) bond motifs is 2. The Morgan fingerprint density at radius 3 is 2.55 bits per heavy atom. The number of pyridine rings is 1. The number of aromatic nitrogens is 3. The first-order valence-corrected chi connectivity index (χ1v) is 10.3. The van der Waals surface area contributed by atoms with Crippen LogP contribution >= 0.6 is 0 Å². The van der Waals surface area contributed by atoms with Gasteiger partial charge in [0.15, 0.2) is 6.17 Å². The number of aryl methyl sites for hydroxylation is 1. The molecule has 0 radical (unpaired) electrons. The lowest BCUT2D eigenvalue weighted by Crippen LogP contribution is -2.46. The smallest absolute Gasteiger partial charge is 0.250 e. The lowest BCUT2D eigenvalue weighted by atomic mass is 10.0. The topological polar surface area (TPSA) is 80.5 Å². The van der Waals surface area contributed by atoms with E-state index in [-0.39, 0.29) is 29.1 Å². The summed E-state index contributed by atoms with van der Waals surface area (Å²) in [5.74, 6) is 0.474. The molecule has 1 saturated heterocycles. The molecular weight excluding hydrogens is 399 g/mol. The van der Waals surface area contributed by atoms with Crippen LogP contribution in [-0.4, -0.2) is 56.7 Å². The molecule has 31 heavy (non-hydrogen) atoms. The molecule has 0 spiro atoms. The van der Waals surface area contributed by atoms with Crippen LogP contribution in [0.4, 0.5) is 4.39 Å². The third kappa shape index (κ3) is 3.46. The van der Waals surface area contributed by atoms with Crippen LogP contribution in [0.1, 0.15) is 6.42 Å². The number of alkyl halides is 1. The molecule has 2 aliphatic rings. The average Bonchev–Trinajstić information content (AvgIpc) is 3.28. The minimum Gasteiger partial charge on any atom is -0.507 e. The molecule has 7 nitrogen and oxygen atoms in total. The first kappa shape index (κ1) is 19.7. The summed E-state index contributed by atoms with van der Waals surface area (Å²) in [6.45, 7) is 0.828. The summed E-state index contributed by atoms with van der Waals surface area (Å²) in [5, 5.41) is 18.8. The van der Waals surface area contributed by atoms with Gasteiger partial charge in [-0.3, -0.25) is 9.69 Å². The maximum absolute atomic E-state index is 14.6. The fraction of sp³-hybridized carbons (Fsp3) is 0.348. The summed E-state index contributed by atoms with van der Waals surface area (Å²) in [5.41, 5.74) is 2.31. The Labute approximate surface area is 178 Å². The number of rotatable bonds is 4. The molecule has 2 fully saturated rings. The highest BCUT2D eigenvalue weighted by molar-refractivity contribution is 5.74. The number of benzene rings is 1. The molecule has 0 amide bonds. The number of hydrogen-bond acceptors (Lipinski definition) is 6. The number of halogens is 1. The predicted octanol–water partition coefficient (Wildman–Crippen LogP) is 2.63. The number of likely N-dealkylation sites (tertiary alicyclic amines) is 1. The maximum atomic E-state index is 14.6. The first-order chi connectivity index (χ1) is 14.9. The summed E-state index contributed by atoms with van der Waals surface area (Å²) < 4.78 is 21.9. The van der Waals surface area contributed by atoms with E-state index in [0.29, 0.717) is 11.3 Å². The molecule has 1 aliphatic carbocycles. The Bertz CT molecular complexity index is 1180. The van der Waals surface area contributed by atoms with Gasteiger partial charge in [-0.25, -0.2) is 4.39 Å². The molecule has 2 unspecified atom stereocenters. The van der Waals surface area contributed by atoms with Crippen molar-refractivity contribution < 1.29 is 14.2 Å². The van der Waals surface area contributed by atoms with Crippen molar-refractivity contribution in [3.63, 3.8) is 0 Å². The minimum atomic E-state index is -1.03. The van der Waals surface area contributed by atoms with E-state index in [9.17, 15) is 14.3 Å². The van der Waals surface area contributed by atoms with Crippen molar-refractivity contribution in [2.75, 3.05) is 13.6 Å². The fourth-order valence-electron chi connectivity index (χ4n) is 4.64. The van der Waals surface area contributed by atoms with Crippen molar-refractivity contribution in [1.29, 1.82) is 0 Å². The van der Waals surface area contributed by atoms with Gasteiger partial charge in [0.2, 0.25) is 5.88 Å². The van der Waals surface area contributed by atoms with E-state index in [1.165, 1.54) is 10.6 Å². The summed E-state index contributed by atoms with van der Waals surface area (Å²) in [7, 11) is 3.62. The zero-order valence-corrected chi connectivity index (χ0v) is 17.3. The van der Waals surface area contributed by atoms with Crippen molar-refractivity contribution in [2.24, 2.45) is 13.0 Å². The number of aromatic hydroxyl groups is 1. The van der Waals surface area contributed by atoms with Crippen molar-refractivity contribution in [2.45, 2.75) is 24.7 Å². The van der Waals surface area contributed by atoms with E-state index < -0.39 is 12.3 Å². The number of phenolic OH excluding ortho intramolecular Hbond substituents is 1. The molecule has 2 aromatic heterocycles. The van der Waals surface area contributed by atoms with Crippen LogP contribution in [0, 0.1) is 5.92 Å². The molecule has 3 aromatic rings. The van der Waals surface area contributed by atoms with Gasteiger partial charge in [-0.05, 0) is 48.9 Å². The Morgan fingerprint density at radius 1 is 1.10 bits per heavy atom. The third-order valence-corrected chi connectivity index (χ3v) is 6.39. The highest BCUT2D eigenvalue weighted by Crippen LogP contribution is 2.41. The van der Waals surface area contributed by atoms with E-state index in [1.54, 1.807) is 37.5 Å². The van der Waals surface area contributed by atoms with Gasteiger partial charge in [0, 0.05) is 49.4 Å². The van der Waals surface area contributed by atoms with Gasteiger partial charge in [0.25, 0.3) is 5.56 Å². The molecule has 4 atom stereocenters. The van der Waals surface area contributed by atoms with Gasteiger partial charge in [0.1, 0.15) is 11.9 Å². The predicted molar refractivity (Wildman–Crippen MR) is 114 cm³/mol. The number of nitrogens with zero attached hydrogens (tertiary/aromatic N) is 4. The standard InChI is InChI=1S/C23H23FN4O3/c1-27-8-7-14(11-21(27)30)13-3-4-16(19(29)10-13)17-5-6-20(26-25-17)31-23-15-9-18(22(23)24)28(2)12-15/h3-8,10-11,15,18,22-23,29H,9,12H2,1-2H3/t15?,18?,22-,23-/m1/s1. The number of ether oxygens (including phenoxy) is 1.